The molecule has 12 heavy (non-hydrogen) atoms. The van der Waals surface area contributed by atoms with Gasteiger partial charge in [-0.2, -0.15) is 0 Å². The summed E-state index contributed by atoms with van der Waals surface area (Å²) in [6.45, 7) is 5.07. The van der Waals surface area contributed by atoms with E-state index in [4.69, 9.17) is 4.74 Å². The Bertz CT molecular complexity index is 100. The molecule has 0 amide bonds. The van der Waals surface area contributed by atoms with Crippen molar-refractivity contribution < 1.29 is 4.74 Å². The lowest BCUT2D eigenvalue weighted by Crippen LogP contribution is -2.24. The molecule has 2 heteroatoms. The molecule has 0 aromatic heterocycles. The number of ether oxygens (including phenoxy) is 1. The Kier molecular flexibility index (Phi) is 5.37. The highest BCUT2D eigenvalue weighted by atomic mass is 16.5. The maximum absolute atomic E-state index is 5.72. The lowest BCUT2D eigenvalue weighted by Gasteiger charge is -2.21. The smallest absolute Gasteiger partial charge is 0.0594 e. The van der Waals surface area contributed by atoms with Crippen LogP contribution in [0.3, 0.4) is 0 Å². The lowest BCUT2D eigenvalue weighted by atomic mass is 9.98. The minimum atomic E-state index is 0.567. The average Bonchev–Trinajstić information content (AvgIpc) is 2.14. The molecule has 0 saturated heterocycles. The summed E-state index contributed by atoms with van der Waals surface area (Å²) in [5.41, 5.74) is 0. The molecule has 0 bridgehead atoms. The number of hydrogen-bond acceptors (Lipinski definition) is 2. The van der Waals surface area contributed by atoms with Crippen molar-refractivity contribution in [1.29, 1.82) is 0 Å². The van der Waals surface area contributed by atoms with Gasteiger partial charge in [-0.1, -0.05) is 26.2 Å². The third-order valence-corrected chi connectivity index (χ3v) is 2.43. The summed E-state index contributed by atoms with van der Waals surface area (Å²) in [5.74, 6) is 0. The van der Waals surface area contributed by atoms with Crippen LogP contribution in [0.2, 0.25) is 0 Å². The summed E-state index contributed by atoms with van der Waals surface area (Å²) in [7, 11) is 0. The van der Waals surface area contributed by atoms with Crippen molar-refractivity contribution in [2.45, 2.75) is 45.1 Å². The van der Waals surface area contributed by atoms with Crippen LogP contribution in [0.25, 0.3) is 0 Å². The molecule has 1 saturated carbocycles. The van der Waals surface area contributed by atoms with Crippen LogP contribution in [0, 0.1) is 0 Å². The van der Waals surface area contributed by atoms with Crippen molar-refractivity contribution in [2.75, 3.05) is 19.7 Å². The van der Waals surface area contributed by atoms with Crippen LogP contribution in [-0.4, -0.2) is 25.8 Å². The normalized spacial score (nSPS) is 19.8. The molecule has 0 aromatic carbocycles. The molecule has 1 N–H and O–H groups in total. The fraction of sp³-hybridized carbons (Fsp3) is 1.00. The maximum Gasteiger partial charge on any atom is 0.0594 e. The minimum Gasteiger partial charge on any atom is -0.377 e. The topological polar surface area (TPSA) is 21.3 Å². The molecular weight excluding hydrogens is 150 g/mol. The van der Waals surface area contributed by atoms with Crippen LogP contribution in [-0.2, 0) is 4.74 Å². The van der Waals surface area contributed by atoms with Crippen molar-refractivity contribution in [3.05, 3.63) is 0 Å². The number of rotatable bonds is 5. The van der Waals surface area contributed by atoms with Crippen molar-refractivity contribution in [2.24, 2.45) is 0 Å². The summed E-state index contributed by atoms with van der Waals surface area (Å²) in [5, 5.41) is 3.26. The molecule has 0 radical (unpaired) electrons. The van der Waals surface area contributed by atoms with E-state index < -0.39 is 0 Å². The molecule has 0 unspecified atom stereocenters. The van der Waals surface area contributed by atoms with Crippen LogP contribution in [0.4, 0.5) is 0 Å². The van der Waals surface area contributed by atoms with Gasteiger partial charge in [0.2, 0.25) is 0 Å². The van der Waals surface area contributed by atoms with Gasteiger partial charge in [0, 0.05) is 6.54 Å². The van der Waals surface area contributed by atoms with Crippen molar-refractivity contribution >= 4 is 0 Å². The zero-order valence-electron chi connectivity index (χ0n) is 8.14. The SMILES string of the molecule is CCNCCOC1CCCCC1. The van der Waals surface area contributed by atoms with Crippen molar-refractivity contribution in [1.82, 2.24) is 5.32 Å². The first-order valence-corrected chi connectivity index (χ1v) is 5.26. The quantitative estimate of drug-likeness (QED) is 0.638. The Morgan fingerprint density at radius 1 is 1.25 bits per heavy atom. The fourth-order valence-corrected chi connectivity index (χ4v) is 1.71. The highest BCUT2D eigenvalue weighted by Gasteiger charge is 2.12. The zero-order chi connectivity index (χ0) is 8.65. The molecule has 2 nitrogen and oxygen atoms in total. The van der Waals surface area contributed by atoms with E-state index in [1.807, 2.05) is 0 Å². The largest absolute Gasteiger partial charge is 0.377 e. The molecule has 1 aliphatic rings. The van der Waals surface area contributed by atoms with Gasteiger partial charge in [-0.05, 0) is 19.4 Å². The molecule has 0 aliphatic heterocycles. The third-order valence-electron chi connectivity index (χ3n) is 2.43. The summed E-state index contributed by atoms with van der Waals surface area (Å²) in [4.78, 5) is 0. The van der Waals surface area contributed by atoms with E-state index in [1.165, 1.54) is 32.1 Å². The summed E-state index contributed by atoms with van der Waals surface area (Å²) >= 11 is 0. The Morgan fingerprint density at radius 3 is 2.67 bits per heavy atom. The van der Waals surface area contributed by atoms with E-state index in [0.29, 0.717) is 6.10 Å². The van der Waals surface area contributed by atoms with Crippen LogP contribution in [0.1, 0.15) is 39.0 Å². The van der Waals surface area contributed by atoms with Gasteiger partial charge in [-0.3, -0.25) is 0 Å². The molecule has 0 heterocycles. The summed E-state index contributed by atoms with van der Waals surface area (Å²) in [6, 6.07) is 0. The van der Waals surface area contributed by atoms with Gasteiger partial charge in [0.1, 0.15) is 0 Å². The number of hydrogen-bond donors (Lipinski definition) is 1. The van der Waals surface area contributed by atoms with E-state index in [1.54, 1.807) is 0 Å². The second-order valence-electron chi connectivity index (χ2n) is 3.48. The van der Waals surface area contributed by atoms with Gasteiger partial charge in [0.15, 0.2) is 0 Å². The first kappa shape index (κ1) is 10.0. The first-order chi connectivity index (χ1) is 5.93. The Balaban J connectivity index is 1.91. The fourth-order valence-electron chi connectivity index (χ4n) is 1.71. The average molecular weight is 171 g/mol. The predicted molar refractivity (Wildman–Crippen MR) is 51.4 cm³/mol. The third kappa shape index (κ3) is 4.07. The van der Waals surface area contributed by atoms with Crippen molar-refractivity contribution in [3.8, 4) is 0 Å². The summed E-state index contributed by atoms with van der Waals surface area (Å²) < 4.78 is 5.72. The van der Waals surface area contributed by atoms with Crippen LogP contribution in [0.5, 0.6) is 0 Å². The molecule has 0 atom stereocenters. The molecule has 1 aliphatic carbocycles. The Morgan fingerprint density at radius 2 is 2.00 bits per heavy atom. The highest BCUT2D eigenvalue weighted by Crippen LogP contribution is 2.19. The molecule has 1 rings (SSSR count). The standard InChI is InChI=1S/C10H21NO/c1-2-11-8-9-12-10-6-4-3-5-7-10/h10-11H,2-9H2,1H3. The van der Waals surface area contributed by atoms with Gasteiger partial charge in [-0.25, -0.2) is 0 Å². The van der Waals surface area contributed by atoms with E-state index in [-0.39, 0.29) is 0 Å². The Labute approximate surface area is 75.7 Å². The zero-order valence-corrected chi connectivity index (χ0v) is 8.14. The van der Waals surface area contributed by atoms with Crippen LogP contribution in [0.15, 0.2) is 0 Å². The van der Waals surface area contributed by atoms with Gasteiger partial charge < -0.3 is 10.1 Å². The van der Waals surface area contributed by atoms with E-state index in [0.717, 1.165) is 19.7 Å². The summed E-state index contributed by atoms with van der Waals surface area (Å²) in [6.07, 6.45) is 7.28. The highest BCUT2D eigenvalue weighted by molar-refractivity contribution is 4.65. The lowest BCUT2D eigenvalue weighted by molar-refractivity contribution is 0.0305. The number of nitrogens with one attached hydrogen (secondary N) is 1. The molecular formula is C10H21NO. The number of likely N-dealkylation sites (N-methyl/N-ethyl adjacent to an activating group) is 1. The molecule has 0 spiro atoms. The molecule has 0 aromatic rings. The molecule has 72 valence electrons. The predicted octanol–water partition coefficient (Wildman–Crippen LogP) is 1.95. The van der Waals surface area contributed by atoms with Gasteiger partial charge in [0.25, 0.3) is 0 Å². The minimum absolute atomic E-state index is 0.567. The van der Waals surface area contributed by atoms with E-state index >= 15 is 0 Å². The van der Waals surface area contributed by atoms with Gasteiger partial charge >= 0.3 is 0 Å². The van der Waals surface area contributed by atoms with E-state index in [2.05, 4.69) is 12.2 Å². The monoisotopic (exact) mass is 171 g/mol. The van der Waals surface area contributed by atoms with Gasteiger partial charge in [0.05, 0.1) is 12.7 Å². The Hall–Kier alpha value is -0.0800. The maximum atomic E-state index is 5.72. The molecule has 1 fully saturated rings. The second kappa shape index (κ2) is 6.44. The van der Waals surface area contributed by atoms with Crippen molar-refractivity contribution in [3.63, 3.8) is 0 Å². The second-order valence-corrected chi connectivity index (χ2v) is 3.48. The van der Waals surface area contributed by atoms with E-state index in [9.17, 15) is 0 Å². The van der Waals surface area contributed by atoms with Gasteiger partial charge in [-0.15, -0.1) is 0 Å². The van der Waals surface area contributed by atoms with Crippen LogP contribution < -0.4 is 5.32 Å². The first-order valence-electron chi connectivity index (χ1n) is 5.26. The van der Waals surface area contributed by atoms with Crippen LogP contribution >= 0.6 is 0 Å².